The molecule has 1 saturated carbocycles. The van der Waals surface area contributed by atoms with Gasteiger partial charge in [-0.2, -0.15) is 0 Å². The van der Waals surface area contributed by atoms with Gasteiger partial charge in [0, 0.05) is 12.6 Å². The Labute approximate surface area is 93.7 Å². The lowest BCUT2D eigenvalue weighted by atomic mass is 9.96. The first kappa shape index (κ1) is 11.4. The Balaban J connectivity index is 1.85. The second kappa shape index (κ2) is 5.31. The molecule has 1 aliphatic carbocycles. The van der Waals surface area contributed by atoms with Gasteiger partial charge in [-0.25, -0.2) is 0 Å². The summed E-state index contributed by atoms with van der Waals surface area (Å²) in [5.74, 6) is 0.549. The molecule has 2 aliphatic rings. The van der Waals surface area contributed by atoms with Gasteiger partial charge in [-0.3, -0.25) is 0 Å². The van der Waals surface area contributed by atoms with Crippen LogP contribution in [0.15, 0.2) is 0 Å². The predicted molar refractivity (Wildman–Crippen MR) is 62.9 cm³/mol. The second-order valence-corrected chi connectivity index (χ2v) is 5.45. The van der Waals surface area contributed by atoms with E-state index in [0.29, 0.717) is 5.92 Å². The molecule has 2 nitrogen and oxygen atoms in total. The molecule has 2 fully saturated rings. The van der Waals surface area contributed by atoms with Crippen LogP contribution < -0.4 is 0 Å². The van der Waals surface area contributed by atoms with Crippen LogP contribution in [0.2, 0.25) is 0 Å². The Hall–Kier alpha value is -0.0800. The van der Waals surface area contributed by atoms with Gasteiger partial charge < -0.3 is 10.0 Å². The Morgan fingerprint density at radius 1 is 1.07 bits per heavy atom. The molecule has 1 heterocycles. The van der Waals surface area contributed by atoms with Crippen LogP contribution in [0.4, 0.5) is 0 Å². The summed E-state index contributed by atoms with van der Waals surface area (Å²) in [4.78, 5) is 2.58. The van der Waals surface area contributed by atoms with Gasteiger partial charge in [-0.05, 0) is 45.1 Å². The average Bonchev–Trinajstić information content (AvgIpc) is 2.50. The van der Waals surface area contributed by atoms with Crippen molar-refractivity contribution in [3.63, 3.8) is 0 Å². The molecule has 88 valence electrons. The summed E-state index contributed by atoms with van der Waals surface area (Å²) in [6, 6.07) is 0.750. The maximum Gasteiger partial charge on any atom is 0.0580 e. The summed E-state index contributed by atoms with van der Waals surface area (Å²) in [7, 11) is 0. The highest BCUT2D eigenvalue weighted by atomic mass is 16.3. The van der Waals surface area contributed by atoms with Crippen LogP contribution in [0.1, 0.15) is 51.9 Å². The number of aliphatic hydroxyl groups is 1. The number of nitrogens with zero attached hydrogens (tertiary/aromatic N) is 1. The molecular weight excluding hydrogens is 186 g/mol. The largest absolute Gasteiger partial charge is 0.393 e. The number of aliphatic hydroxyl groups excluding tert-OH is 1. The molecule has 3 atom stereocenters. The number of hydrogen-bond donors (Lipinski definition) is 1. The topological polar surface area (TPSA) is 23.5 Å². The molecular formula is C13H25NO. The van der Waals surface area contributed by atoms with Crippen LogP contribution in [0.25, 0.3) is 0 Å². The van der Waals surface area contributed by atoms with Gasteiger partial charge in [0.15, 0.2) is 0 Å². The summed E-state index contributed by atoms with van der Waals surface area (Å²) in [5, 5.41) is 10.1. The fraction of sp³-hybridized carbons (Fsp3) is 1.00. The molecule has 2 rings (SSSR count). The minimum absolute atomic E-state index is 0.0275. The smallest absolute Gasteiger partial charge is 0.0580 e. The van der Waals surface area contributed by atoms with Crippen LogP contribution in [-0.4, -0.2) is 35.2 Å². The first-order chi connectivity index (χ1) is 7.27. The molecule has 0 aromatic heterocycles. The molecule has 0 aromatic carbocycles. The van der Waals surface area contributed by atoms with E-state index in [2.05, 4.69) is 11.8 Å². The fourth-order valence-corrected chi connectivity index (χ4v) is 3.14. The summed E-state index contributed by atoms with van der Waals surface area (Å²) in [5.41, 5.74) is 0. The molecule has 1 aliphatic heterocycles. The Morgan fingerprint density at radius 3 is 2.60 bits per heavy atom. The Morgan fingerprint density at radius 2 is 1.87 bits per heavy atom. The van der Waals surface area contributed by atoms with Crippen LogP contribution in [0.5, 0.6) is 0 Å². The summed E-state index contributed by atoms with van der Waals surface area (Å²) >= 11 is 0. The van der Waals surface area contributed by atoms with Crippen molar-refractivity contribution < 1.29 is 5.11 Å². The van der Waals surface area contributed by atoms with Crippen LogP contribution in [0, 0.1) is 5.92 Å². The molecule has 0 spiro atoms. The normalized spacial score (nSPS) is 39.2. The van der Waals surface area contributed by atoms with Gasteiger partial charge in [-0.15, -0.1) is 0 Å². The zero-order chi connectivity index (χ0) is 10.7. The van der Waals surface area contributed by atoms with E-state index in [9.17, 15) is 5.11 Å². The molecule has 15 heavy (non-hydrogen) atoms. The van der Waals surface area contributed by atoms with Crippen molar-refractivity contribution in [1.29, 1.82) is 0 Å². The van der Waals surface area contributed by atoms with E-state index in [4.69, 9.17) is 0 Å². The Bertz CT molecular complexity index is 195. The SMILES string of the molecule is CC1CCCN1CC1CCCCCC1O. The van der Waals surface area contributed by atoms with Gasteiger partial charge in [0.2, 0.25) is 0 Å². The van der Waals surface area contributed by atoms with Gasteiger partial charge in [0.05, 0.1) is 6.10 Å². The van der Waals surface area contributed by atoms with E-state index < -0.39 is 0 Å². The van der Waals surface area contributed by atoms with Crippen LogP contribution in [0.3, 0.4) is 0 Å². The zero-order valence-corrected chi connectivity index (χ0v) is 9.99. The van der Waals surface area contributed by atoms with Crippen LogP contribution >= 0.6 is 0 Å². The van der Waals surface area contributed by atoms with Gasteiger partial charge in [-0.1, -0.05) is 19.3 Å². The van der Waals surface area contributed by atoms with Gasteiger partial charge in [0.1, 0.15) is 0 Å². The van der Waals surface area contributed by atoms with Crippen molar-refractivity contribution in [2.24, 2.45) is 5.92 Å². The highest BCUT2D eigenvalue weighted by Crippen LogP contribution is 2.27. The Kier molecular flexibility index (Phi) is 4.04. The predicted octanol–water partition coefficient (Wildman–Crippen LogP) is 2.41. The zero-order valence-electron chi connectivity index (χ0n) is 9.99. The molecule has 0 bridgehead atoms. The number of likely N-dealkylation sites (tertiary alicyclic amines) is 1. The highest BCUT2D eigenvalue weighted by Gasteiger charge is 2.27. The third-order valence-corrected chi connectivity index (χ3v) is 4.28. The van der Waals surface area contributed by atoms with Crippen molar-refractivity contribution in [3.8, 4) is 0 Å². The second-order valence-electron chi connectivity index (χ2n) is 5.45. The minimum atomic E-state index is -0.0275. The van der Waals surface area contributed by atoms with Crippen molar-refractivity contribution >= 4 is 0 Å². The van der Waals surface area contributed by atoms with E-state index in [-0.39, 0.29) is 6.10 Å². The van der Waals surface area contributed by atoms with Crippen molar-refractivity contribution in [3.05, 3.63) is 0 Å². The van der Waals surface area contributed by atoms with Gasteiger partial charge in [0.25, 0.3) is 0 Å². The minimum Gasteiger partial charge on any atom is -0.393 e. The summed E-state index contributed by atoms with van der Waals surface area (Å²) in [6.45, 7) is 4.73. The molecule has 0 aromatic rings. The quantitative estimate of drug-likeness (QED) is 0.709. The lowest BCUT2D eigenvalue weighted by Crippen LogP contribution is -2.36. The summed E-state index contributed by atoms with van der Waals surface area (Å²) in [6.07, 6.45) is 8.82. The lowest BCUT2D eigenvalue weighted by Gasteiger charge is -2.28. The van der Waals surface area contributed by atoms with Crippen molar-refractivity contribution in [2.75, 3.05) is 13.1 Å². The summed E-state index contributed by atoms with van der Waals surface area (Å²) < 4.78 is 0. The highest BCUT2D eigenvalue weighted by molar-refractivity contribution is 4.81. The first-order valence-electron chi connectivity index (χ1n) is 6.69. The van der Waals surface area contributed by atoms with Gasteiger partial charge >= 0.3 is 0 Å². The number of rotatable bonds is 2. The standard InChI is InChI=1S/C13H25NO/c1-11-6-5-9-14(11)10-12-7-3-2-4-8-13(12)15/h11-13,15H,2-10H2,1H3. The monoisotopic (exact) mass is 211 g/mol. The fourth-order valence-electron chi connectivity index (χ4n) is 3.14. The third kappa shape index (κ3) is 2.94. The molecule has 1 N–H and O–H groups in total. The maximum atomic E-state index is 10.1. The maximum absolute atomic E-state index is 10.1. The molecule has 3 unspecified atom stereocenters. The molecule has 2 heteroatoms. The first-order valence-corrected chi connectivity index (χ1v) is 6.69. The van der Waals surface area contributed by atoms with E-state index in [1.165, 1.54) is 45.1 Å². The molecule has 1 saturated heterocycles. The van der Waals surface area contributed by atoms with Crippen LogP contribution in [-0.2, 0) is 0 Å². The number of hydrogen-bond acceptors (Lipinski definition) is 2. The van der Waals surface area contributed by atoms with E-state index in [1.54, 1.807) is 0 Å². The van der Waals surface area contributed by atoms with E-state index in [1.807, 2.05) is 0 Å². The van der Waals surface area contributed by atoms with E-state index in [0.717, 1.165) is 19.0 Å². The average molecular weight is 211 g/mol. The lowest BCUT2D eigenvalue weighted by molar-refractivity contribution is 0.0718. The molecule has 0 amide bonds. The van der Waals surface area contributed by atoms with Crippen molar-refractivity contribution in [2.45, 2.75) is 64.0 Å². The molecule has 0 radical (unpaired) electrons. The third-order valence-electron chi connectivity index (χ3n) is 4.28. The van der Waals surface area contributed by atoms with E-state index >= 15 is 0 Å². The van der Waals surface area contributed by atoms with Crippen molar-refractivity contribution in [1.82, 2.24) is 4.90 Å².